The minimum Gasteiger partial charge on any atom is -0.379 e. The van der Waals surface area contributed by atoms with Crippen molar-refractivity contribution in [3.63, 3.8) is 0 Å². The van der Waals surface area contributed by atoms with Crippen LogP contribution in [0.15, 0.2) is 0 Å². The molecule has 0 bridgehead atoms. The van der Waals surface area contributed by atoms with Crippen molar-refractivity contribution >= 4 is 11.8 Å². The molecule has 3 saturated heterocycles. The summed E-state index contributed by atoms with van der Waals surface area (Å²) in [6.45, 7) is 9.91. The molecule has 3 atom stereocenters. The Morgan fingerprint density at radius 3 is 2.61 bits per heavy atom. The average Bonchev–Trinajstić information content (AvgIpc) is 2.96. The van der Waals surface area contributed by atoms with Crippen molar-refractivity contribution in [3.8, 4) is 0 Å². The smallest absolute Gasteiger partial charge is 0.245 e. The standard InChI is InChI=1S/C17H29N3O3/c1-13-11-19(12-15(13)18-7-9-23-10-8-18)17(22)14(2)20-6-4-3-5-16(20)21/h13-15H,3-12H2,1-2H3/t13-,14+,15+/m1/s1. The molecule has 3 fully saturated rings. The molecule has 3 rings (SSSR count). The molecule has 0 aromatic carbocycles. The van der Waals surface area contributed by atoms with Crippen molar-refractivity contribution in [3.05, 3.63) is 0 Å². The zero-order valence-corrected chi connectivity index (χ0v) is 14.4. The van der Waals surface area contributed by atoms with E-state index in [2.05, 4.69) is 11.8 Å². The third kappa shape index (κ3) is 3.53. The molecule has 130 valence electrons. The lowest BCUT2D eigenvalue weighted by Crippen LogP contribution is -2.51. The van der Waals surface area contributed by atoms with Crippen LogP contribution in [0.25, 0.3) is 0 Å². The summed E-state index contributed by atoms with van der Waals surface area (Å²) in [5, 5.41) is 0. The van der Waals surface area contributed by atoms with E-state index in [9.17, 15) is 9.59 Å². The average molecular weight is 323 g/mol. The second-order valence-corrected chi connectivity index (χ2v) is 7.16. The minimum atomic E-state index is -0.321. The van der Waals surface area contributed by atoms with Gasteiger partial charge in [-0.3, -0.25) is 14.5 Å². The lowest BCUT2D eigenvalue weighted by molar-refractivity contribution is -0.146. The fourth-order valence-corrected chi connectivity index (χ4v) is 4.15. The SMILES string of the molecule is C[C@@H]1CN(C(=O)[C@H](C)N2CCCCC2=O)C[C@@H]1N1CCOCC1. The van der Waals surface area contributed by atoms with Crippen molar-refractivity contribution in [1.29, 1.82) is 0 Å². The Bertz CT molecular complexity index is 450. The normalized spacial score (nSPS) is 31.5. The van der Waals surface area contributed by atoms with E-state index in [1.807, 2.05) is 11.8 Å². The first-order chi connectivity index (χ1) is 11.1. The Labute approximate surface area is 138 Å². The van der Waals surface area contributed by atoms with E-state index < -0.39 is 0 Å². The molecule has 3 heterocycles. The highest BCUT2D eigenvalue weighted by Gasteiger charge is 2.39. The van der Waals surface area contributed by atoms with Gasteiger partial charge in [0.15, 0.2) is 0 Å². The highest BCUT2D eigenvalue weighted by atomic mass is 16.5. The molecule has 0 saturated carbocycles. The summed E-state index contributed by atoms with van der Waals surface area (Å²) in [6, 6.07) is 0.102. The van der Waals surface area contributed by atoms with Crippen LogP contribution in [0, 0.1) is 5.92 Å². The van der Waals surface area contributed by atoms with Crippen LogP contribution in [0.3, 0.4) is 0 Å². The number of piperidine rings is 1. The van der Waals surface area contributed by atoms with Gasteiger partial charge >= 0.3 is 0 Å². The van der Waals surface area contributed by atoms with Crippen molar-refractivity contribution < 1.29 is 14.3 Å². The highest BCUT2D eigenvalue weighted by molar-refractivity contribution is 5.88. The summed E-state index contributed by atoms with van der Waals surface area (Å²) in [5.41, 5.74) is 0. The molecule has 3 aliphatic rings. The first-order valence-electron chi connectivity index (χ1n) is 8.98. The van der Waals surface area contributed by atoms with Gasteiger partial charge in [0.25, 0.3) is 0 Å². The van der Waals surface area contributed by atoms with E-state index in [-0.39, 0.29) is 17.9 Å². The number of rotatable bonds is 3. The highest BCUT2D eigenvalue weighted by Crippen LogP contribution is 2.24. The Hall–Kier alpha value is -1.14. The van der Waals surface area contributed by atoms with Gasteiger partial charge in [-0.05, 0) is 25.7 Å². The second-order valence-electron chi connectivity index (χ2n) is 7.16. The number of hydrogen-bond donors (Lipinski definition) is 0. The first kappa shape index (κ1) is 16.7. The molecule has 0 aromatic heterocycles. The van der Waals surface area contributed by atoms with Crippen LogP contribution in [0.1, 0.15) is 33.1 Å². The van der Waals surface area contributed by atoms with Gasteiger partial charge in [0.05, 0.1) is 13.2 Å². The Balaban J connectivity index is 1.60. The van der Waals surface area contributed by atoms with Crippen molar-refractivity contribution in [2.45, 2.75) is 45.2 Å². The summed E-state index contributed by atoms with van der Waals surface area (Å²) >= 11 is 0. The summed E-state index contributed by atoms with van der Waals surface area (Å²) in [6.07, 6.45) is 2.55. The Morgan fingerprint density at radius 1 is 1.17 bits per heavy atom. The molecule has 6 nitrogen and oxygen atoms in total. The number of carbonyl (C=O) groups is 2. The molecule has 0 spiro atoms. The third-order valence-electron chi connectivity index (χ3n) is 5.58. The van der Waals surface area contributed by atoms with Crippen molar-refractivity contribution in [2.24, 2.45) is 5.92 Å². The van der Waals surface area contributed by atoms with Crippen LogP contribution in [0.4, 0.5) is 0 Å². The van der Waals surface area contributed by atoms with Crippen LogP contribution in [0.2, 0.25) is 0 Å². The second kappa shape index (κ2) is 7.18. The molecule has 0 radical (unpaired) electrons. The molecule has 0 aliphatic carbocycles. The van der Waals surface area contributed by atoms with Crippen LogP contribution < -0.4 is 0 Å². The van der Waals surface area contributed by atoms with E-state index in [1.165, 1.54) is 0 Å². The number of hydrogen-bond acceptors (Lipinski definition) is 4. The maximum Gasteiger partial charge on any atom is 0.245 e. The molecular formula is C17H29N3O3. The summed E-state index contributed by atoms with van der Waals surface area (Å²) < 4.78 is 5.43. The maximum absolute atomic E-state index is 12.9. The van der Waals surface area contributed by atoms with Crippen molar-refractivity contribution in [1.82, 2.24) is 14.7 Å². The number of ether oxygens (including phenoxy) is 1. The van der Waals surface area contributed by atoms with E-state index >= 15 is 0 Å². The van der Waals surface area contributed by atoms with Gasteiger partial charge in [-0.1, -0.05) is 6.92 Å². The number of likely N-dealkylation sites (tertiary alicyclic amines) is 2. The third-order valence-corrected chi connectivity index (χ3v) is 5.58. The monoisotopic (exact) mass is 323 g/mol. The quantitative estimate of drug-likeness (QED) is 0.762. The first-order valence-corrected chi connectivity index (χ1v) is 8.98. The Morgan fingerprint density at radius 2 is 1.91 bits per heavy atom. The van der Waals surface area contributed by atoms with Gasteiger partial charge in [0, 0.05) is 45.2 Å². The van der Waals surface area contributed by atoms with Gasteiger partial charge in [0.2, 0.25) is 11.8 Å². The molecule has 2 amide bonds. The Kier molecular flexibility index (Phi) is 5.21. The van der Waals surface area contributed by atoms with Crippen LogP contribution in [0.5, 0.6) is 0 Å². The van der Waals surface area contributed by atoms with Crippen LogP contribution in [-0.4, -0.2) is 84.5 Å². The van der Waals surface area contributed by atoms with Gasteiger partial charge in [-0.25, -0.2) is 0 Å². The molecular weight excluding hydrogens is 294 g/mol. The van der Waals surface area contributed by atoms with E-state index in [4.69, 9.17) is 4.74 Å². The fraction of sp³-hybridized carbons (Fsp3) is 0.882. The predicted octanol–water partition coefficient (Wildman–Crippen LogP) is 0.567. The summed E-state index contributed by atoms with van der Waals surface area (Å²) in [4.78, 5) is 31.1. The maximum atomic E-state index is 12.9. The molecule has 3 aliphatic heterocycles. The zero-order valence-electron chi connectivity index (χ0n) is 14.4. The zero-order chi connectivity index (χ0) is 16.4. The summed E-state index contributed by atoms with van der Waals surface area (Å²) in [7, 11) is 0. The lowest BCUT2D eigenvalue weighted by Gasteiger charge is -2.35. The van der Waals surface area contributed by atoms with E-state index in [0.717, 1.165) is 58.8 Å². The number of nitrogens with zero attached hydrogens (tertiary/aromatic N) is 3. The molecule has 0 N–H and O–H groups in total. The molecule has 0 aromatic rings. The minimum absolute atomic E-state index is 0.114. The molecule has 23 heavy (non-hydrogen) atoms. The largest absolute Gasteiger partial charge is 0.379 e. The predicted molar refractivity (Wildman–Crippen MR) is 87.0 cm³/mol. The topological polar surface area (TPSA) is 53.1 Å². The van der Waals surface area contributed by atoms with E-state index in [1.54, 1.807) is 4.90 Å². The summed E-state index contributed by atoms with van der Waals surface area (Å²) in [5.74, 6) is 0.721. The fourth-order valence-electron chi connectivity index (χ4n) is 4.15. The van der Waals surface area contributed by atoms with Crippen LogP contribution >= 0.6 is 0 Å². The van der Waals surface area contributed by atoms with E-state index in [0.29, 0.717) is 18.4 Å². The van der Waals surface area contributed by atoms with Gasteiger partial charge < -0.3 is 14.5 Å². The number of morpholine rings is 1. The van der Waals surface area contributed by atoms with Gasteiger partial charge in [-0.2, -0.15) is 0 Å². The lowest BCUT2D eigenvalue weighted by atomic mass is 10.0. The molecule has 6 heteroatoms. The van der Waals surface area contributed by atoms with Gasteiger partial charge in [-0.15, -0.1) is 0 Å². The number of amides is 2. The molecule has 0 unspecified atom stereocenters. The van der Waals surface area contributed by atoms with Crippen LogP contribution in [-0.2, 0) is 14.3 Å². The number of carbonyl (C=O) groups excluding carboxylic acids is 2. The van der Waals surface area contributed by atoms with Crippen molar-refractivity contribution in [2.75, 3.05) is 45.9 Å². The van der Waals surface area contributed by atoms with Gasteiger partial charge in [0.1, 0.15) is 6.04 Å².